The van der Waals surface area contributed by atoms with E-state index < -0.39 is 221 Å². The first-order valence-electron chi connectivity index (χ1n) is 40.0. The Labute approximate surface area is 747 Å². The van der Waals surface area contributed by atoms with Gasteiger partial charge in [-0.25, -0.2) is 0 Å². The van der Waals surface area contributed by atoms with Gasteiger partial charge >= 0.3 is 24.7 Å². The number of carbonyl (C=O) groups is 14. The van der Waals surface area contributed by atoms with E-state index in [0.717, 1.165) is 36.2 Å². The molecule has 0 aromatic rings. The Morgan fingerprint density at radius 3 is 0.600 bits per heavy atom. The summed E-state index contributed by atoms with van der Waals surface area (Å²) >= 11 is 6.14. The average Bonchev–Trinajstić information content (AvgIpc) is 0.837. The van der Waals surface area contributed by atoms with E-state index in [-0.39, 0.29) is 29.1 Å². The van der Waals surface area contributed by atoms with E-state index in [1.165, 1.54) is 35.3 Å². The molecule has 0 saturated carbocycles. The molecule has 49 heteroatoms. The van der Waals surface area contributed by atoms with Crippen LogP contribution >= 0.6 is 76.1 Å². The molecule has 0 fully saturated rings. The molecule has 0 spiro atoms. The van der Waals surface area contributed by atoms with Gasteiger partial charge in [-0.1, -0.05) is 122 Å². The quantitative estimate of drug-likeness (QED) is 0.0231. The first kappa shape index (κ1) is 128. The Hall–Kier alpha value is -5.18. The highest BCUT2D eigenvalue weighted by Crippen LogP contribution is 2.48. The third-order valence-electron chi connectivity index (χ3n) is 18.7. The normalized spacial score (nSPS) is 15.9. The Kier molecular flexibility index (Phi) is 63.1. The minimum Gasteiger partial charge on any atom is -0.542 e. The number of nitrogens with two attached hydrogens (primary N) is 2. The van der Waals surface area contributed by atoms with E-state index in [1.807, 2.05) is 83.1 Å². The summed E-state index contributed by atoms with van der Waals surface area (Å²) < 4.78 is 126. The fourth-order valence-electron chi connectivity index (χ4n) is 9.30. The van der Waals surface area contributed by atoms with Crippen LogP contribution in [0.5, 0.6) is 0 Å². The van der Waals surface area contributed by atoms with Gasteiger partial charge in [0.25, 0.3) is 0 Å². The van der Waals surface area contributed by atoms with Crippen molar-refractivity contribution in [1.29, 1.82) is 0 Å². The number of hydrogen-bond donors (Lipinski definition) is 11. The number of carbonyl (C=O) groups excluding carboxylic acids is 14. The number of primary amides is 1. The molecule has 125 heavy (non-hydrogen) atoms. The monoisotopic (exact) mass is 1970 g/mol. The summed E-state index contributed by atoms with van der Waals surface area (Å²) in [5, 5.41) is 61.5. The number of aliphatic carboxylic acids is 4. The zero-order valence-corrected chi connectivity index (χ0v) is 82.8. The van der Waals surface area contributed by atoms with Crippen molar-refractivity contribution in [2.24, 2.45) is 47.0 Å². The van der Waals surface area contributed by atoms with E-state index >= 15 is 0 Å². The zero-order chi connectivity index (χ0) is 99.2. The fourth-order valence-corrected chi connectivity index (χ4v) is 22.6. The molecular formula is C76H137F12N11O18P4S4. The van der Waals surface area contributed by atoms with Crippen LogP contribution in [0.2, 0.25) is 0 Å². The first-order valence-corrected chi connectivity index (χ1v) is 57.9. The third kappa shape index (κ3) is 61.2. The van der Waals surface area contributed by atoms with Gasteiger partial charge < -0.3 is 98.9 Å². The van der Waals surface area contributed by atoms with Gasteiger partial charge in [0.1, 0.15) is 78.3 Å². The summed E-state index contributed by atoms with van der Waals surface area (Å²) in [5.74, 6) is -16.5. The molecule has 13 N–H and O–H groups in total. The fraction of sp³-hybridized carbons (Fsp3) is 0.816. The number of rotatable bonds is 51. The van der Waals surface area contributed by atoms with Crippen LogP contribution in [0.4, 0.5) is 52.7 Å². The summed E-state index contributed by atoms with van der Waals surface area (Å²) in [5.41, 5.74) is 12.2. The lowest BCUT2D eigenvalue weighted by molar-refractivity contribution is -0.344. The molecule has 0 radical (unpaired) electrons. The van der Waals surface area contributed by atoms with Crippen LogP contribution in [0.1, 0.15) is 122 Å². The minimum absolute atomic E-state index is 0.132. The van der Waals surface area contributed by atoms with E-state index in [9.17, 15) is 101 Å². The predicted molar refractivity (Wildman–Crippen MR) is 473 cm³/mol. The van der Waals surface area contributed by atoms with E-state index in [2.05, 4.69) is 128 Å². The summed E-state index contributed by atoms with van der Waals surface area (Å²) in [6, 6.07) is -10.9. The summed E-state index contributed by atoms with van der Waals surface area (Å²) in [7, 11) is -4.52. The van der Waals surface area contributed by atoms with Crippen molar-refractivity contribution >= 4 is 159 Å². The van der Waals surface area contributed by atoms with Crippen molar-refractivity contribution in [1.82, 2.24) is 47.9 Å². The second-order valence-corrected chi connectivity index (χ2v) is 58.6. The number of halogens is 12. The van der Waals surface area contributed by atoms with Gasteiger partial charge in [-0.05, 0) is 35.5 Å². The summed E-state index contributed by atoms with van der Waals surface area (Å²) in [4.78, 5) is 179. The number of carboxylic acid groups (broad SMARTS) is 4. The third-order valence-corrected chi connectivity index (χ3v) is 30.5. The lowest BCUT2D eigenvalue weighted by Crippen LogP contribution is -2.63. The van der Waals surface area contributed by atoms with Crippen LogP contribution in [0, 0.1) is 35.5 Å². The molecule has 0 aliphatic heterocycles. The van der Waals surface area contributed by atoms with Gasteiger partial charge in [-0.3, -0.25) is 47.9 Å². The molecule has 0 heterocycles. The maximum Gasteiger partial charge on any atom is 0.430 e. The highest BCUT2D eigenvalue weighted by Gasteiger charge is 2.42. The molecule has 0 saturated heterocycles. The highest BCUT2D eigenvalue weighted by atomic mass is 32.2. The van der Waals surface area contributed by atoms with Gasteiger partial charge in [0.15, 0.2) is 0 Å². The van der Waals surface area contributed by atoms with Gasteiger partial charge in [-0.2, -0.15) is 99.7 Å². The van der Waals surface area contributed by atoms with Crippen molar-refractivity contribution in [3.05, 3.63) is 0 Å². The average molecular weight is 1970 g/mol. The standard InChI is InChI=1S/C68H133N11O10P4S4.4C2HF3O2/c1-25-43(7)53(63(84)71-50(59(70)80)40-95-36-32-91(16,17)18)77-67(88)57(47(11)29-5)75-61(82)52(42-97-38-34-93(22,23)24)73-65(86)55(45(9)27-3)79-68(89)58(48(12)30-6)76-62(83)51(41-96-37-33-92(19,20)21)72-64(85)54(44(8)26-2)78-66(87)56(46(10)28-4)74-60(81)49(69)39-94-35-31-90(13,14)15;4*3-2(4,5)1(6)7/h43-58H,25-42,69H2,1-24H3,(H7-4,70,71,72,73,74,75,76,77,78,79,80,81,82,83,84,85,86,87,88,89);4*(H,6,7)/t43-,44-,45-,46-,47-,48-,49-,50-,51-,52-,53-,54-,55-,56-,57-,58-;;;;/m0..../s1. The summed E-state index contributed by atoms with van der Waals surface area (Å²) in [6.45, 7) is 49.1. The van der Waals surface area contributed by atoms with Gasteiger partial charge in [0.2, 0.25) is 59.1 Å². The van der Waals surface area contributed by atoms with Gasteiger partial charge in [0, 0.05) is 155 Å². The maximum absolute atomic E-state index is 14.9. The zero-order valence-electron chi connectivity index (χ0n) is 75.9. The van der Waals surface area contributed by atoms with Crippen LogP contribution in [-0.2, 0) is 67.1 Å². The highest BCUT2D eigenvalue weighted by molar-refractivity contribution is 8.00. The van der Waals surface area contributed by atoms with E-state index in [0.29, 0.717) is 55.8 Å². The predicted octanol–water partition coefficient (Wildman–Crippen LogP) is 4.19. The minimum atomic E-state index is -5.19. The van der Waals surface area contributed by atoms with Crippen molar-refractivity contribution in [3.8, 4) is 0 Å². The van der Waals surface area contributed by atoms with Crippen molar-refractivity contribution in [2.75, 3.05) is 151 Å². The van der Waals surface area contributed by atoms with Crippen molar-refractivity contribution in [3.63, 3.8) is 0 Å². The topological polar surface area (TPSA) is 492 Å². The molecule has 0 unspecified atom stereocenters. The Morgan fingerprint density at radius 2 is 0.432 bits per heavy atom. The molecule has 10 amide bonds. The van der Waals surface area contributed by atoms with E-state index in [1.54, 1.807) is 11.8 Å². The number of carboxylic acids is 4. The maximum atomic E-state index is 14.9. The Morgan fingerprint density at radius 1 is 0.280 bits per heavy atom. The number of amides is 10. The van der Waals surface area contributed by atoms with Gasteiger partial charge in [0.05, 0.1) is 30.7 Å². The number of hydrogen-bond acceptors (Lipinski definition) is 23. The lowest BCUT2D eigenvalue weighted by atomic mass is 9.94. The molecule has 16 atom stereocenters. The second-order valence-electron chi connectivity index (χ2n) is 33.9. The molecule has 0 aromatic heterocycles. The van der Waals surface area contributed by atoms with Crippen molar-refractivity contribution < 1.29 is 140 Å². The Balaban J connectivity index is -0.00000145. The molecule has 0 aliphatic carbocycles. The smallest absolute Gasteiger partial charge is 0.430 e. The summed E-state index contributed by atoms with van der Waals surface area (Å²) in [6.07, 6.45) is -14.0. The Bertz CT molecular complexity index is 3250. The van der Waals surface area contributed by atoms with Crippen LogP contribution in [0.25, 0.3) is 0 Å². The van der Waals surface area contributed by atoms with Crippen LogP contribution in [0.15, 0.2) is 0 Å². The van der Waals surface area contributed by atoms with Crippen LogP contribution in [0.3, 0.4) is 0 Å². The van der Waals surface area contributed by atoms with Crippen LogP contribution < -0.4 is 79.7 Å². The second kappa shape index (κ2) is 61.5. The van der Waals surface area contributed by atoms with Gasteiger partial charge in [-0.15, -0.1) is 0 Å². The lowest BCUT2D eigenvalue weighted by Gasteiger charge is -2.32. The molecule has 0 bridgehead atoms. The molecule has 0 aromatic carbocycles. The number of alkyl halides is 12. The molecule has 0 rings (SSSR count). The molecular weight excluding hydrogens is 1840 g/mol. The molecule has 0 aliphatic rings. The molecule has 29 nitrogen and oxygen atoms in total. The van der Waals surface area contributed by atoms with Crippen molar-refractivity contribution in [2.45, 2.75) is 207 Å². The first-order chi connectivity index (χ1) is 56.6. The molecule has 732 valence electrons. The number of thioether (sulfide) groups is 4. The van der Waals surface area contributed by atoms with E-state index in [4.69, 9.17) is 51.1 Å². The SMILES string of the molecule is CC[C@H](C)[C@H](NC(=O)[C@H](CSCC[P+](C)(C)C)NC(=O)[C@@H](NC(=O)[C@@H](NC(=O)[C@H](CSCC[P+](C)(C)C)NC(=O)[C@@H](NC(=O)[C@@H](NC(=O)[C@@H](N)CSCC[P+](C)(C)C)[C@@H](C)CC)[C@@H](C)CC)[C@@H](C)CC)[C@@H](C)CC)C(=O)N[C@H](C(=O)N[C@@H](CSCC[P+](C)(C)C)C(N)=O)[C@@H](C)CC.O=C([O-])C(F)(F)F.O=C([O-])C(F)(F)F.O=C([O-])C(F)(F)F.O=C([O-])C(F)(F)F. The van der Waals surface area contributed by atoms with Crippen LogP contribution in [-0.4, -0.2) is 319 Å². The number of nitrogens with one attached hydrogen (secondary N) is 9. The largest absolute Gasteiger partial charge is 0.542 e.